The molecule has 0 bridgehead atoms. The fraction of sp³-hybridized carbons (Fsp3) is 0.222. The maximum Gasteiger partial charge on any atom is 0.180 e. The predicted molar refractivity (Wildman–Crippen MR) is 92.6 cm³/mol. The first-order chi connectivity index (χ1) is 11.9. The minimum absolute atomic E-state index is 0.622. The molecule has 0 amide bonds. The number of rotatable bonds is 3. The minimum Gasteiger partial charge on any atom is -0.354 e. The summed E-state index contributed by atoms with van der Waals surface area (Å²) in [4.78, 5) is 20.5. The highest BCUT2D eigenvalue weighted by Gasteiger charge is 2.17. The van der Waals surface area contributed by atoms with Crippen molar-refractivity contribution in [2.45, 2.75) is 0 Å². The normalized spacial score (nSPS) is 14.6. The molecule has 1 aliphatic heterocycles. The van der Waals surface area contributed by atoms with Crippen LogP contribution in [0.4, 0.5) is 5.82 Å². The SMILES string of the molecule is c1ccc(-c2cc(N3CC[N]CC3)nc(-c3ccccn3)n2)nc1. The van der Waals surface area contributed by atoms with E-state index in [9.17, 15) is 0 Å². The number of piperazine rings is 1. The standard InChI is InChI=1S/C18H17N6/c1-3-7-20-14(5-1)16-13-17(24-11-9-19-10-12-24)23-18(22-16)15-6-2-4-8-21-15/h1-8,13H,9-12H2. The Labute approximate surface area is 140 Å². The lowest BCUT2D eigenvalue weighted by atomic mass is 10.2. The van der Waals surface area contributed by atoms with E-state index in [0.29, 0.717) is 5.82 Å². The van der Waals surface area contributed by atoms with Crippen molar-refractivity contribution in [2.75, 3.05) is 31.1 Å². The van der Waals surface area contributed by atoms with E-state index >= 15 is 0 Å². The van der Waals surface area contributed by atoms with E-state index in [1.807, 2.05) is 42.5 Å². The van der Waals surface area contributed by atoms with Gasteiger partial charge in [-0.1, -0.05) is 12.1 Å². The van der Waals surface area contributed by atoms with E-state index < -0.39 is 0 Å². The van der Waals surface area contributed by atoms with Crippen molar-refractivity contribution in [1.29, 1.82) is 0 Å². The van der Waals surface area contributed by atoms with Gasteiger partial charge in [0.25, 0.3) is 0 Å². The van der Waals surface area contributed by atoms with Crippen LogP contribution in [0.25, 0.3) is 22.9 Å². The van der Waals surface area contributed by atoms with Gasteiger partial charge in [-0.15, -0.1) is 0 Å². The zero-order valence-corrected chi connectivity index (χ0v) is 13.2. The molecule has 0 N–H and O–H groups in total. The lowest BCUT2D eigenvalue weighted by molar-refractivity contribution is 0.575. The zero-order chi connectivity index (χ0) is 16.2. The molecule has 0 atom stereocenters. The molecule has 119 valence electrons. The molecule has 6 heteroatoms. The number of hydrogen-bond acceptors (Lipinski definition) is 5. The Kier molecular flexibility index (Phi) is 4.12. The van der Waals surface area contributed by atoms with Crippen molar-refractivity contribution in [3.05, 3.63) is 54.9 Å². The molecule has 0 aromatic carbocycles. The fourth-order valence-electron chi connectivity index (χ4n) is 2.69. The molecule has 4 heterocycles. The predicted octanol–water partition coefficient (Wildman–Crippen LogP) is 2.02. The van der Waals surface area contributed by atoms with E-state index in [1.165, 1.54) is 0 Å². The summed E-state index contributed by atoms with van der Waals surface area (Å²) < 4.78 is 0. The average Bonchev–Trinajstić information content (AvgIpc) is 2.70. The third-order valence-corrected chi connectivity index (χ3v) is 3.91. The van der Waals surface area contributed by atoms with Crippen LogP contribution < -0.4 is 10.2 Å². The lowest BCUT2D eigenvalue weighted by Gasteiger charge is -2.28. The van der Waals surface area contributed by atoms with Gasteiger partial charge in [-0.05, 0) is 24.3 Å². The molecule has 0 saturated carbocycles. The Bertz CT molecular complexity index is 743. The Hall–Kier alpha value is -2.86. The van der Waals surface area contributed by atoms with Crippen LogP contribution in [0, 0.1) is 0 Å². The molecule has 1 radical (unpaired) electrons. The Morgan fingerprint density at radius 2 is 1.46 bits per heavy atom. The van der Waals surface area contributed by atoms with Crippen molar-refractivity contribution in [3.8, 4) is 22.9 Å². The van der Waals surface area contributed by atoms with Crippen molar-refractivity contribution in [2.24, 2.45) is 0 Å². The maximum atomic E-state index is 4.74. The van der Waals surface area contributed by atoms with Crippen LogP contribution in [-0.4, -0.2) is 46.1 Å². The number of pyridine rings is 2. The van der Waals surface area contributed by atoms with Crippen LogP contribution in [0.15, 0.2) is 54.9 Å². The van der Waals surface area contributed by atoms with E-state index in [1.54, 1.807) is 12.4 Å². The van der Waals surface area contributed by atoms with Crippen molar-refractivity contribution >= 4 is 5.82 Å². The molecule has 6 nitrogen and oxygen atoms in total. The summed E-state index contributed by atoms with van der Waals surface area (Å²) in [6.45, 7) is 3.42. The van der Waals surface area contributed by atoms with Crippen LogP contribution in [-0.2, 0) is 0 Å². The average molecular weight is 317 g/mol. The van der Waals surface area contributed by atoms with Gasteiger partial charge in [0.2, 0.25) is 0 Å². The summed E-state index contributed by atoms with van der Waals surface area (Å²) in [7, 11) is 0. The summed E-state index contributed by atoms with van der Waals surface area (Å²) in [5.74, 6) is 1.53. The van der Waals surface area contributed by atoms with Crippen molar-refractivity contribution < 1.29 is 0 Å². The molecular weight excluding hydrogens is 300 g/mol. The summed E-state index contributed by atoms with van der Waals surface area (Å²) in [6.07, 6.45) is 3.53. The molecule has 3 aromatic heterocycles. The number of nitrogens with zero attached hydrogens (tertiary/aromatic N) is 6. The smallest absolute Gasteiger partial charge is 0.180 e. The number of hydrogen-bond donors (Lipinski definition) is 0. The largest absolute Gasteiger partial charge is 0.354 e. The highest BCUT2D eigenvalue weighted by molar-refractivity contribution is 5.64. The van der Waals surface area contributed by atoms with Crippen molar-refractivity contribution in [1.82, 2.24) is 25.3 Å². The van der Waals surface area contributed by atoms with Crippen LogP contribution in [0.3, 0.4) is 0 Å². The summed E-state index contributed by atoms with van der Waals surface area (Å²) in [5.41, 5.74) is 2.40. The van der Waals surface area contributed by atoms with Gasteiger partial charge in [-0.3, -0.25) is 9.97 Å². The van der Waals surface area contributed by atoms with Gasteiger partial charge in [0, 0.05) is 44.6 Å². The lowest BCUT2D eigenvalue weighted by Crippen LogP contribution is -2.40. The van der Waals surface area contributed by atoms with E-state index in [-0.39, 0.29) is 0 Å². The molecule has 0 aliphatic carbocycles. The molecule has 4 rings (SSSR count). The van der Waals surface area contributed by atoms with Gasteiger partial charge in [-0.2, -0.15) is 0 Å². The third kappa shape index (κ3) is 3.09. The fourth-order valence-corrected chi connectivity index (χ4v) is 2.69. The molecule has 1 aliphatic rings. The first-order valence-electron chi connectivity index (χ1n) is 8.00. The molecular formula is C18H17N6. The highest BCUT2D eigenvalue weighted by atomic mass is 15.2. The molecule has 0 unspecified atom stereocenters. The number of aromatic nitrogens is 4. The van der Waals surface area contributed by atoms with Gasteiger partial charge >= 0.3 is 0 Å². The van der Waals surface area contributed by atoms with Gasteiger partial charge in [0.05, 0.1) is 11.4 Å². The van der Waals surface area contributed by atoms with Crippen LogP contribution >= 0.6 is 0 Å². The topological polar surface area (TPSA) is 68.9 Å². The van der Waals surface area contributed by atoms with E-state index in [0.717, 1.165) is 49.1 Å². The van der Waals surface area contributed by atoms with Crippen molar-refractivity contribution in [3.63, 3.8) is 0 Å². The van der Waals surface area contributed by atoms with Gasteiger partial charge < -0.3 is 4.90 Å². The molecule has 1 fully saturated rings. The molecule has 3 aromatic rings. The second-order valence-electron chi connectivity index (χ2n) is 5.52. The number of anilines is 1. The van der Waals surface area contributed by atoms with E-state index in [2.05, 4.69) is 25.2 Å². The third-order valence-electron chi connectivity index (χ3n) is 3.91. The van der Waals surface area contributed by atoms with Crippen LogP contribution in [0.5, 0.6) is 0 Å². The second kappa shape index (κ2) is 6.72. The summed E-state index contributed by atoms with van der Waals surface area (Å²) >= 11 is 0. The first kappa shape index (κ1) is 14.7. The monoisotopic (exact) mass is 317 g/mol. The molecule has 1 saturated heterocycles. The Morgan fingerprint density at radius 3 is 2.12 bits per heavy atom. The zero-order valence-electron chi connectivity index (χ0n) is 13.2. The van der Waals surface area contributed by atoms with Gasteiger partial charge in [0.1, 0.15) is 11.5 Å². The maximum absolute atomic E-state index is 4.74. The summed E-state index contributed by atoms with van der Waals surface area (Å²) in [6, 6.07) is 13.6. The highest BCUT2D eigenvalue weighted by Crippen LogP contribution is 2.24. The quantitative estimate of drug-likeness (QED) is 0.739. The molecule has 24 heavy (non-hydrogen) atoms. The summed E-state index contributed by atoms with van der Waals surface area (Å²) in [5, 5.41) is 4.40. The van der Waals surface area contributed by atoms with Crippen LogP contribution in [0.2, 0.25) is 0 Å². The second-order valence-corrected chi connectivity index (χ2v) is 5.52. The van der Waals surface area contributed by atoms with Gasteiger partial charge in [-0.25, -0.2) is 15.3 Å². The van der Waals surface area contributed by atoms with Gasteiger partial charge in [0.15, 0.2) is 5.82 Å². The Morgan fingerprint density at radius 1 is 0.750 bits per heavy atom. The first-order valence-corrected chi connectivity index (χ1v) is 8.00. The van der Waals surface area contributed by atoms with Crippen LogP contribution in [0.1, 0.15) is 0 Å². The Balaban J connectivity index is 1.81. The minimum atomic E-state index is 0.622. The molecule has 0 spiro atoms. The van der Waals surface area contributed by atoms with E-state index in [4.69, 9.17) is 4.98 Å².